The molecule has 0 amide bonds. The van der Waals surface area contributed by atoms with Crippen molar-refractivity contribution in [2.24, 2.45) is 0 Å². The summed E-state index contributed by atoms with van der Waals surface area (Å²) >= 11 is 0. The van der Waals surface area contributed by atoms with E-state index in [1.807, 2.05) is 0 Å². The van der Waals surface area contributed by atoms with Gasteiger partial charge in [-0.05, 0) is 6.92 Å². The molecule has 0 saturated carbocycles. The Balaban J connectivity index is 0.000000250. The summed E-state index contributed by atoms with van der Waals surface area (Å²) < 4.78 is 0. The van der Waals surface area contributed by atoms with Crippen LogP contribution in [0.1, 0.15) is 13.3 Å². The Morgan fingerprint density at radius 3 is 2.00 bits per heavy atom. The third-order valence-electron chi connectivity index (χ3n) is 1.19. The molecular weight excluding hydrogens is 97.5 g/mol. The molecule has 0 aliphatic carbocycles. The van der Waals surface area contributed by atoms with Gasteiger partial charge in [-0.1, -0.05) is 0 Å². The monoisotopic (exact) mass is 108 g/mol. The van der Waals surface area contributed by atoms with Gasteiger partial charge < -0.3 is 5.32 Å². The van der Waals surface area contributed by atoms with E-state index in [1.165, 1.54) is 13.0 Å². The molecule has 38 valence electrons. The summed E-state index contributed by atoms with van der Waals surface area (Å²) in [7, 11) is 0. The largest absolute Gasteiger partial charge is 0.344 e. The molecule has 0 bridgehead atoms. The van der Waals surface area contributed by atoms with E-state index in [1.54, 1.807) is 0 Å². The van der Waals surface area contributed by atoms with E-state index in [-0.39, 0.29) is 12.4 Å². The number of nitrogens with two attached hydrogens (primary N) is 1. The van der Waals surface area contributed by atoms with Gasteiger partial charge in [-0.3, -0.25) is 0 Å². The van der Waals surface area contributed by atoms with Crippen LogP contribution < -0.4 is 5.32 Å². The van der Waals surface area contributed by atoms with Crippen LogP contribution in [0.5, 0.6) is 0 Å². The lowest BCUT2D eigenvalue weighted by atomic mass is 10.1. The SMILES string of the molecule is C[C@H]1CC[NH2+]1.Cl. The fourth-order valence-corrected chi connectivity index (χ4v) is 0.500. The maximum absolute atomic E-state index is 2.35. The van der Waals surface area contributed by atoms with E-state index >= 15 is 0 Å². The molecule has 0 aromatic carbocycles. The molecule has 1 heterocycles. The van der Waals surface area contributed by atoms with Crippen molar-refractivity contribution in [2.75, 3.05) is 6.54 Å². The Morgan fingerprint density at radius 2 is 2.00 bits per heavy atom. The van der Waals surface area contributed by atoms with Crippen LogP contribution in [-0.2, 0) is 0 Å². The minimum Gasteiger partial charge on any atom is -0.344 e. The summed E-state index contributed by atoms with van der Waals surface area (Å²) in [5.74, 6) is 0. The van der Waals surface area contributed by atoms with Crippen LogP contribution in [0.25, 0.3) is 0 Å². The number of hydrogen-bond acceptors (Lipinski definition) is 0. The Kier molecular flexibility index (Phi) is 2.53. The minimum absolute atomic E-state index is 0. The van der Waals surface area contributed by atoms with Crippen molar-refractivity contribution < 1.29 is 5.32 Å². The highest BCUT2D eigenvalue weighted by Crippen LogP contribution is 1.84. The summed E-state index contributed by atoms with van der Waals surface area (Å²) in [5.41, 5.74) is 0. The molecule has 1 nitrogen and oxygen atoms in total. The van der Waals surface area contributed by atoms with E-state index in [0.29, 0.717) is 0 Å². The number of quaternary nitrogens is 1. The molecule has 1 saturated heterocycles. The average Bonchev–Trinajstić information content (AvgIpc) is 1.30. The van der Waals surface area contributed by atoms with Crippen LogP contribution in [0.3, 0.4) is 0 Å². The quantitative estimate of drug-likeness (QED) is 0.441. The Hall–Kier alpha value is 0.250. The molecule has 1 atom stereocenters. The van der Waals surface area contributed by atoms with Crippen molar-refractivity contribution in [3.8, 4) is 0 Å². The van der Waals surface area contributed by atoms with Crippen molar-refractivity contribution in [1.29, 1.82) is 0 Å². The van der Waals surface area contributed by atoms with Crippen molar-refractivity contribution in [2.45, 2.75) is 19.4 Å². The number of halogens is 1. The molecule has 1 aliphatic rings. The minimum atomic E-state index is 0. The van der Waals surface area contributed by atoms with Crippen molar-refractivity contribution in [1.82, 2.24) is 0 Å². The maximum Gasteiger partial charge on any atom is 0.0884 e. The van der Waals surface area contributed by atoms with Crippen LogP contribution in [-0.4, -0.2) is 12.6 Å². The predicted octanol–water partition coefficient (Wildman–Crippen LogP) is -0.236. The van der Waals surface area contributed by atoms with Gasteiger partial charge in [-0.15, -0.1) is 12.4 Å². The highest BCUT2D eigenvalue weighted by atomic mass is 35.5. The Morgan fingerprint density at radius 1 is 1.67 bits per heavy atom. The van der Waals surface area contributed by atoms with E-state index in [4.69, 9.17) is 0 Å². The third kappa shape index (κ3) is 1.15. The van der Waals surface area contributed by atoms with Gasteiger partial charge in [0, 0.05) is 6.42 Å². The second kappa shape index (κ2) is 2.43. The topological polar surface area (TPSA) is 16.6 Å². The zero-order chi connectivity index (χ0) is 3.70. The number of hydrogen-bond donors (Lipinski definition) is 1. The first-order valence-corrected chi connectivity index (χ1v) is 2.23. The molecule has 0 aromatic heterocycles. The first-order valence-electron chi connectivity index (χ1n) is 2.23. The van der Waals surface area contributed by atoms with Crippen LogP contribution in [0, 0.1) is 0 Å². The molecule has 0 aromatic rings. The van der Waals surface area contributed by atoms with E-state index < -0.39 is 0 Å². The van der Waals surface area contributed by atoms with Gasteiger partial charge >= 0.3 is 0 Å². The maximum atomic E-state index is 2.35. The van der Waals surface area contributed by atoms with E-state index in [9.17, 15) is 0 Å². The molecule has 2 heteroatoms. The standard InChI is InChI=1S/C4H9N.ClH/c1-4-2-3-5-4;/h4-5H,2-3H2,1H3;1H/p+1/t4-;/m0./s1. The summed E-state index contributed by atoms with van der Waals surface area (Å²) in [4.78, 5) is 0. The van der Waals surface area contributed by atoms with Crippen LogP contribution in [0.15, 0.2) is 0 Å². The van der Waals surface area contributed by atoms with Crippen molar-refractivity contribution in [3.05, 3.63) is 0 Å². The average molecular weight is 109 g/mol. The van der Waals surface area contributed by atoms with E-state index in [2.05, 4.69) is 12.2 Å². The lowest BCUT2D eigenvalue weighted by molar-refractivity contribution is -0.739. The fraction of sp³-hybridized carbons (Fsp3) is 1.00. The summed E-state index contributed by atoms with van der Waals surface area (Å²) in [6.45, 7) is 3.62. The second-order valence-electron chi connectivity index (χ2n) is 1.79. The van der Waals surface area contributed by atoms with Gasteiger partial charge in [0.1, 0.15) is 0 Å². The van der Waals surface area contributed by atoms with E-state index in [0.717, 1.165) is 6.04 Å². The van der Waals surface area contributed by atoms with Gasteiger partial charge in [-0.2, -0.15) is 0 Å². The predicted molar refractivity (Wildman–Crippen MR) is 28.1 cm³/mol. The van der Waals surface area contributed by atoms with Crippen molar-refractivity contribution >= 4 is 12.4 Å². The zero-order valence-electron chi connectivity index (χ0n) is 3.98. The molecule has 1 aliphatic heterocycles. The molecule has 0 spiro atoms. The summed E-state index contributed by atoms with van der Waals surface area (Å²) in [6, 6.07) is 0.940. The van der Waals surface area contributed by atoms with Gasteiger partial charge in [0.15, 0.2) is 0 Å². The molecule has 0 radical (unpaired) electrons. The Labute approximate surface area is 44.5 Å². The number of rotatable bonds is 0. The van der Waals surface area contributed by atoms with Gasteiger partial charge in [0.25, 0.3) is 0 Å². The first-order chi connectivity index (χ1) is 2.39. The lowest BCUT2D eigenvalue weighted by Crippen LogP contribution is -2.97. The molecule has 2 N–H and O–H groups in total. The molecular formula is C4H11ClN+. The smallest absolute Gasteiger partial charge is 0.0884 e. The highest BCUT2D eigenvalue weighted by molar-refractivity contribution is 5.85. The molecule has 6 heavy (non-hydrogen) atoms. The summed E-state index contributed by atoms with van der Waals surface area (Å²) in [5, 5.41) is 2.35. The molecule has 1 fully saturated rings. The Bertz CT molecular complexity index is 34.5. The normalized spacial score (nSPS) is 30.5. The third-order valence-corrected chi connectivity index (χ3v) is 1.19. The summed E-state index contributed by atoms with van der Waals surface area (Å²) in [6.07, 6.45) is 1.43. The molecule has 0 unspecified atom stereocenters. The van der Waals surface area contributed by atoms with Crippen LogP contribution >= 0.6 is 12.4 Å². The van der Waals surface area contributed by atoms with Gasteiger partial charge in [0.05, 0.1) is 12.6 Å². The fourth-order valence-electron chi connectivity index (χ4n) is 0.500. The highest BCUT2D eigenvalue weighted by Gasteiger charge is 2.13. The van der Waals surface area contributed by atoms with Crippen LogP contribution in [0.4, 0.5) is 0 Å². The van der Waals surface area contributed by atoms with Crippen molar-refractivity contribution in [3.63, 3.8) is 0 Å². The van der Waals surface area contributed by atoms with Gasteiger partial charge in [-0.25, -0.2) is 0 Å². The second-order valence-corrected chi connectivity index (χ2v) is 1.79. The van der Waals surface area contributed by atoms with Crippen LogP contribution in [0.2, 0.25) is 0 Å². The first kappa shape index (κ1) is 6.25. The van der Waals surface area contributed by atoms with Gasteiger partial charge in [0.2, 0.25) is 0 Å². The zero-order valence-corrected chi connectivity index (χ0v) is 4.79. The lowest BCUT2D eigenvalue weighted by Gasteiger charge is -2.17. The molecule has 1 rings (SSSR count).